The molecule has 0 spiro atoms. The average Bonchev–Trinajstić information content (AvgIpc) is 2.38. The Hall–Kier alpha value is -1.14. The molecule has 0 atom stereocenters. The molecule has 0 saturated carbocycles. The van der Waals surface area contributed by atoms with Crippen LogP contribution in [0.2, 0.25) is 0 Å². The summed E-state index contributed by atoms with van der Waals surface area (Å²) in [6.45, 7) is 5.12. The van der Waals surface area contributed by atoms with Crippen LogP contribution in [0.1, 0.15) is 18.4 Å². The molecule has 0 fully saturated rings. The second-order valence-corrected chi connectivity index (χ2v) is 5.89. The third-order valence-electron chi connectivity index (χ3n) is 2.52. The molecule has 1 heterocycles. The summed E-state index contributed by atoms with van der Waals surface area (Å²) < 4.78 is 7.58. The molecule has 0 unspecified atom stereocenters. The first-order chi connectivity index (χ1) is 9.60. The molecule has 0 radical (unpaired) electrons. The van der Waals surface area contributed by atoms with Gasteiger partial charge in [-0.3, -0.25) is 0 Å². The zero-order valence-electron chi connectivity index (χ0n) is 11.3. The first-order valence-corrected chi connectivity index (χ1v) is 7.84. The molecule has 0 aliphatic heterocycles. The highest BCUT2D eigenvalue weighted by Gasteiger charge is 2.08. The molecule has 1 N–H and O–H groups in total. The average molecular weight is 401 g/mol. The minimum atomic E-state index is 0.321. The second-order valence-electron chi connectivity index (χ2n) is 4.18. The Kier molecular flexibility index (Phi) is 5.37. The number of aromatic nitrogens is 2. The van der Waals surface area contributed by atoms with Crippen LogP contribution in [-0.4, -0.2) is 16.5 Å². The van der Waals surface area contributed by atoms with Crippen LogP contribution in [0.15, 0.2) is 33.2 Å². The van der Waals surface area contributed by atoms with Gasteiger partial charge in [-0.1, -0.05) is 6.07 Å². The molecule has 1 aromatic carbocycles. The molecule has 4 nitrogen and oxygen atoms in total. The fourth-order valence-electron chi connectivity index (χ4n) is 1.72. The van der Waals surface area contributed by atoms with Crippen LogP contribution < -0.4 is 10.1 Å². The van der Waals surface area contributed by atoms with Crippen LogP contribution >= 0.6 is 31.9 Å². The molecule has 2 aromatic rings. The highest BCUT2D eigenvalue weighted by molar-refractivity contribution is 9.11. The maximum absolute atomic E-state index is 5.80. The lowest BCUT2D eigenvalue weighted by atomic mass is 10.3. The van der Waals surface area contributed by atoms with Crippen LogP contribution in [0.3, 0.4) is 0 Å². The molecule has 20 heavy (non-hydrogen) atoms. The maximum Gasteiger partial charge on any atom is 0.168 e. The van der Waals surface area contributed by atoms with E-state index >= 15 is 0 Å². The number of nitrogens with one attached hydrogen (secondary N) is 1. The Morgan fingerprint density at radius 1 is 1.20 bits per heavy atom. The van der Waals surface area contributed by atoms with E-state index in [4.69, 9.17) is 4.74 Å². The number of hydrogen-bond acceptors (Lipinski definition) is 4. The van der Waals surface area contributed by atoms with Gasteiger partial charge in [-0.25, -0.2) is 9.97 Å². The van der Waals surface area contributed by atoms with Crippen molar-refractivity contribution in [2.24, 2.45) is 0 Å². The summed E-state index contributed by atoms with van der Waals surface area (Å²) in [4.78, 5) is 8.80. The van der Waals surface area contributed by atoms with E-state index in [0.717, 1.165) is 32.8 Å². The second kappa shape index (κ2) is 7.04. The summed E-state index contributed by atoms with van der Waals surface area (Å²) in [6.07, 6.45) is 0. The van der Waals surface area contributed by atoms with Gasteiger partial charge in [-0.05, 0) is 57.8 Å². The van der Waals surface area contributed by atoms with Crippen LogP contribution in [-0.2, 0) is 6.61 Å². The molecule has 6 heteroatoms. The van der Waals surface area contributed by atoms with E-state index in [1.165, 1.54) is 0 Å². The number of ether oxygens (including phenoxy) is 1. The third kappa shape index (κ3) is 3.93. The molecule has 0 aliphatic carbocycles. The lowest BCUT2D eigenvalue weighted by molar-refractivity contribution is 0.292. The topological polar surface area (TPSA) is 47.0 Å². The monoisotopic (exact) mass is 399 g/mol. The van der Waals surface area contributed by atoms with Crippen molar-refractivity contribution in [2.75, 3.05) is 11.9 Å². The Bertz CT molecular complexity index is 585. The number of aryl methyl sites for hydroxylation is 1. The van der Waals surface area contributed by atoms with Crippen molar-refractivity contribution in [3.8, 4) is 5.75 Å². The summed E-state index contributed by atoms with van der Waals surface area (Å²) in [7, 11) is 0. The van der Waals surface area contributed by atoms with E-state index in [1.807, 2.05) is 38.1 Å². The van der Waals surface area contributed by atoms with Crippen molar-refractivity contribution in [3.05, 3.63) is 44.7 Å². The van der Waals surface area contributed by atoms with Gasteiger partial charge in [0.25, 0.3) is 0 Å². The van der Waals surface area contributed by atoms with Crippen LogP contribution in [0.5, 0.6) is 5.75 Å². The standard InChI is InChI=1S/C14H15Br2N3O/c1-3-17-12-7-9(2)18-13(19-12)8-20-14-10(15)5-4-6-11(14)16/h4-7H,3,8H2,1-2H3,(H,17,18,19). The van der Waals surface area contributed by atoms with E-state index in [-0.39, 0.29) is 0 Å². The number of nitrogens with zero attached hydrogens (tertiary/aromatic N) is 2. The molecule has 0 aliphatic rings. The smallest absolute Gasteiger partial charge is 0.168 e. The van der Waals surface area contributed by atoms with Gasteiger partial charge in [0.1, 0.15) is 18.2 Å². The predicted octanol–water partition coefficient (Wildman–Crippen LogP) is 4.32. The Morgan fingerprint density at radius 2 is 1.90 bits per heavy atom. The van der Waals surface area contributed by atoms with E-state index in [9.17, 15) is 0 Å². The number of halogens is 2. The molecule has 2 rings (SSSR count). The lowest BCUT2D eigenvalue weighted by Gasteiger charge is -2.11. The van der Waals surface area contributed by atoms with Gasteiger partial charge < -0.3 is 10.1 Å². The number of para-hydroxylation sites is 1. The number of anilines is 1. The molecule has 0 saturated heterocycles. The summed E-state index contributed by atoms with van der Waals surface area (Å²) in [5.74, 6) is 2.23. The minimum Gasteiger partial charge on any atom is -0.483 e. The first kappa shape index (κ1) is 15.3. The zero-order chi connectivity index (χ0) is 14.5. The van der Waals surface area contributed by atoms with Crippen LogP contribution in [0, 0.1) is 6.92 Å². The van der Waals surface area contributed by atoms with Crippen LogP contribution in [0.25, 0.3) is 0 Å². The molecule has 0 bridgehead atoms. The fraction of sp³-hybridized carbons (Fsp3) is 0.286. The highest BCUT2D eigenvalue weighted by Crippen LogP contribution is 2.33. The first-order valence-electron chi connectivity index (χ1n) is 6.25. The van der Waals surface area contributed by atoms with E-state index in [1.54, 1.807) is 0 Å². The normalized spacial score (nSPS) is 10.4. The fourth-order valence-corrected chi connectivity index (χ4v) is 2.95. The van der Waals surface area contributed by atoms with Gasteiger partial charge in [0, 0.05) is 18.3 Å². The van der Waals surface area contributed by atoms with Gasteiger partial charge in [-0.15, -0.1) is 0 Å². The minimum absolute atomic E-state index is 0.321. The molecule has 1 aromatic heterocycles. The summed E-state index contributed by atoms with van der Waals surface area (Å²) >= 11 is 6.93. The molecular formula is C14H15Br2N3O. The maximum atomic E-state index is 5.80. The number of benzene rings is 1. The van der Waals surface area contributed by atoms with Crippen molar-refractivity contribution >= 4 is 37.7 Å². The van der Waals surface area contributed by atoms with E-state index < -0.39 is 0 Å². The van der Waals surface area contributed by atoms with Crippen molar-refractivity contribution in [1.82, 2.24) is 9.97 Å². The quantitative estimate of drug-likeness (QED) is 0.811. The summed E-state index contributed by atoms with van der Waals surface area (Å²) in [6, 6.07) is 7.72. The zero-order valence-corrected chi connectivity index (χ0v) is 14.5. The Morgan fingerprint density at radius 3 is 2.55 bits per heavy atom. The van der Waals surface area contributed by atoms with E-state index in [0.29, 0.717) is 12.4 Å². The third-order valence-corrected chi connectivity index (χ3v) is 3.77. The van der Waals surface area contributed by atoms with Gasteiger partial charge in [-0.2, -0.15) is 0 Å². The largest absolute Gasteiger partial charge is 0.483 e. The lowest BCUT2D eigenvalue weighted by Crippen LogP contribution is -2.07. The van der Waals surface area contributed by atoms with Gasteiger partial charge in [0.2, 0.25) is 0 Å². The number of hydrogen-bond donors (Lipinski definition) is 1. The summed E-state index contributed by atoms with van der Waals surface area (Å²) in [5, 5.41) is 3.18. The predicted molar refractivity (Wildman–Crippen MR) is 87.1 cm³/mol. The van der Waals surface area contributed by atoms with Crippen molar-refractivity contribution < 1.29 is 4.74 Å². The molecule has 106 valence electrons. The van der Waals surface area contributed by atoms with E-state index in [2.05, 4.69) is 47.1 Å². The van der Waals surface area contributed by atoms with Gasteiger partial charge in [0.15, 0.2) is 5.82 Å². The Balaban J connectivity index is 2.14. The van der Waals surface area contributed by atoms with Gasteiger partial charge in [0.05, 0.1) is 8.95 Å². The highest BCUT2D eigenvalue weighted by atomic mass is 79.9. The van der Waals surface area contributed by atoms with Gasteiger partial charge >= 0.3 is 0 Å². The van der Waals surface area contributed by atoms with Crippen molar-refractivity contribution in [3.63, 3.8) is 0 Å². The Labute approximate surface area is 135 Å². The number of rotatable bonds is 5. The molecule has 0 amide bonds. The SMILES string of the molecule is CCNc1cc(C)nc(COc2c(Br)cccc2Br)n1. The van der Waals surface area contributed by atoms with Crippen molar-refractivity contribution in [1.29, 1.82) is 0 Å². The summed E-state index contributed by atoms with van der Waals surface area (Å²) in [5.41, 5.74) is 0.917. The van der Waals surface area contributed by atoms with Crippen LogP contribution in [0.4, 0.5) is 5.82 Å². The van der Waals surface area contributed by atoms with Crippen molar-refractivity contribution in [2.45, 2.75) is 20.5 Å². The molecular weight excluding hydrogens is 386 g/mol.